The average Bonchev–Trinajstić information content (AvgIpc) is 2.51. The molecule has 22 heavy (non-hydrogen) atoms. The highest BCUT2D eigenvalue weighted by atomic mass is 35.5. The maximum Gasteiger partial charge on any atom is 0.00220 e. The summed E-state index contributed by atoms with van der Waals surface area (Å²) in [6.45, 7) is 13.1. The van der Waals surface area contributed by atoms with Crippen LogP contribution in [0.4, 0.5) is 0 Å². The van der Waals surface area contributed by atoms with E-state index >= 15 is 0 Å². The molecule has 3 nitrogen and oxygen atoms in total. The number of hydrogen-bond acceptors (Lipinski definition) is 3. The van der Waals surface area contributed by atoms with Crippen molar-refractivity contribution in [1.29, 1.82) is 0 Å². The number of nitrogens with zero attached hydrogens (tertiary/aromatic N) is 2. The highest BCUT2D eigenvalue weighted by Gasteiger charge is 2.25. The molecule has 3 saturated heterocycles. The van der Waals surface area contributed by atoms with Crippen molar-refractivity contribution in [3.8, 4) is 0 Å². The van der Waals surface area contributed by atoms with Gasteiger partial charge >= 0.3 is 0 Å². The lowest BCUT2D eigenvalue weighted by Crippen LogP contribution is -2.45. The zero-order chi connectivity index (χ0) is 14.5. The lowest BCUT2D eigenvalue weighted by atomic mass is 9.92. The zero-order valence-electron chi connectivity index (χ0n) is 14.4. The maximum atomic E-state index is 3.49. The second-order valence-electron chi connectivity index (χ2n) is 7.94. The Labute approximate surface area is 143 Å². The molecule has 3 fully saturated rings. The Balaban J connectivity index is 0.00000176. The molecule has 3 rings (SSSR count). The molecule has 1 unspecified atom stereocenters. The zero-order valence-corrected chi connectivity index (χ0v) is 15.3. The molecule has 0 aromatic heterocycles. The van der Waals surface area contributed by atoms with E-state index in [-0.39, 0.29) is 12.4 Å². The van der Waals surface area contributed by atoms with Crippen molar-refractivity contribution < 1.29 is 0 Å². The van der Waals surface area contributed by atoms with Crippen LogP contribution in [0.1, 0.15) is 45.4 Å². The van der Waals surface area contributed by atoms with Gasteiger partial charge in [0.1, 0.15) is 0 Å². The molecule has 0 saturated carbocycles. The number of piperidine rings is 3. The van der Waals surface area contributed by atoms with Crippen LogP contribution < -0.4 is 5.32 Å². The van der Waals surface area contributed by atoms with Gasteiger partial charge in [0, 0.05) is 19.6 Å². The van der Waals surface area contributed by atoms with Gasteiger partial charge in [0.15, 0.2) is 0 Å². The van der Waals surface area contributed by atoms with E-state index in [4.69, 9.17) is 0 Å². The van der Waals surface area contributed by atoms with Crippen LogP contribution in [0.2, 0.25) is 0 Å². The van der Waals surface area contributed by atoms with Crippen molar-refractivity contribution >= 4 is 12.4 Å². The van der Waals surface area contributed by atoms with Crippen molar-refractivity contribution in [2.45, 2.75) is 45.4 Å². The van der Waals surface area contributed by atoms with Gasteiger partial charge in [-0.25, -0.2) is 0 Å². The van der Waals surface area contributed by atoms with E-state index in [0.29, 0.717) is 0 Å². The molecular formula is C18H36ClN3. The molecule has 0 aromatic rings. The Bertz CT molecular complexity index is 299. The summed E-state index contributed by atoms with van der Waals surface area (Å²) in [5, 5.41) is 3.49. The molecule has 3 heterocycles. The second kappa shape index (κ2) is 9.46. The quantitative estimate of drug-likeness (QED) is 0.855. The molecule has 3 aliphatic rings. The Hall–Kier alpha value is 0.170. The van der Waals surface area contributed by atoms with Gasteiger partial charge in [-0.2, -0.15) is 0 Å². The van der Waals surface area contributed by atoms with Crippen molar-refractivity contribution in [3.05, 3.63) is 0 Å². The normalized spacial score (nSPS) is 30.1. The molecule has 1 N–H and O–H groups in total. The third kappa shape index (κ3) is 5.67. The van der Waals surface area contributed by atoms with E-state index in [0.717, 1.165) is 17.8 Å². The lowest BCUT2D eigenvalue weighted by Gasteiger charge is -2.39. The first-order valence-electron chi connectivity index (χ1n) is 9.45. The monoisotopic (exact) mass is 329 g/mol. The molecule has 0 spiro atoms. The first kappa shape index (κ1) is 18.5. The summed E-state index contributed by atoms with van der Waals surface area (Å²) in [4.78, 5) is 5.54. The van der Waals surface area contributed by atoms with Crippen molar-refractivity contribution in [1.82, 2.24) is 15.1 Å². The molecule has 0 bridgehead atoms. The first-order chi connectivity index (χ1) is 10.3. The molecule has 0 aliphatic carbocycles. The molecular weight excluding hydrogens is 294 g/mol. The Morgan fingerprint density at radius 1 is 0.818 bits per heavy atom. The highest BCUT2D eigenvalue weighted by Crippen LogP contribution is 2.23. The van der Waals surface area contributed by atoms with Gasteiger partial charge in [-0.15, -0.1) is 12.4 Å². The van der Waals surface area contributed by atoms with Gasteiger partial charge < -0.3 is 15.1 Å². The van der Waals surface area contributed by atoms with Gasteiger partial charge in [-0.1, -0.05) is 6.92 Å². The Morgan fingerprint density at radius 2 is 1.50 bits per heavy atom. The van der Waals surface area contributed by atoms with Crippen LogP contribution in [-0.2, 0) is 0 Å². The van der Waals surface area contributed by atoms with Crippen LogP contribution >= 0.6 is 12.4 Å². The Morgan fingerprint density at radius 3 is 2.23 bits per heavy atom. The van der Waals surface area contributed by atoms with Gasteiger partial charge in [0.05, 0.1) is 0 Å². The topological polar surface area (TPSA) is 18.5 Å². The molecule has 1 atom stereocenters. The van der Waals surface area contributed by atoms with E-state index in [2.05, 4.69) is 22.0 Å². The fraction of sp³-hybridized carbons (Fsp3) is 1.00. The van der Waals surface area contributed by atoms with E-state index in [1.165, 1.54) is 90.9 Å². The Kier molecular flexibility index (Phi) is 7.96. The van der Waals surface area contributed by atoms with Crippen molar-refractivity contribution in [3.63, 3.8) is 0 Å². The molecule has 0 aromatic carbocycles. The van der Waals surface area contributed by atoms with E-state index in [1.54, 1.807) is 0 Å². The van der Waals surface area contributed by atoms with Crippen molar-refractivity contribution in [2.75, 3.05) is 52.4 Å². The number of hydrogen-bond donors (Lipinski definition) is 1. The van der Waals surface area contributed by atoms with Crippen LogP contribution in [0.5, 0.6) is 0 Å². The molecule has 0 radical (unpaired) electrons. The van der Waals surface area contributed by atoms with E-state index in [1.807, 2.05) is 0 Å². The number of rotatable bonds is 4. The van der Waals surface area contributed by atoms with Crippen LogP contribution in [-0.4, -0.2) is 62.2 Å². The van der Waals surface area contributed by atoms with Gasteiger partial charge in [-0.05, 0) is 89.0 Å². The predicted molar refractivity (Wildman–Crippen MR) is 96.8 cm³/mol. The summed E-state index contributed by atoms with van der Waals surface area (Å²) in [6.07, 6.45) is 8.53. The number of likely N-dealkylation sites (tertiary alicyclic amines) is 2. The standard InChI is InChI=1S/C18H35N3.ClH/c1-16-6-11-20(12-7-16)14-18-3-2-10-21(15-18)13-17-4-8-19-9-5-17;/h16-19H,2-15H2,1H3;1H. The molecule has 130 valence electrons. The highest BCUT2D eigenvalue weighted by molar-refractivity contribution is 5.85. The summed E-state index contributed by atoms with van der Waals surface area (Å²) in [7, 11) is 0. The summed E-state index contributed by atoms with van der Waals surface area (Å²) in [6, 6.07) is 0. The summed E-state index contributed by atoms with van der Waals surface area (Å²) in [5.41, 5.74) is 0. The number of halogens is 1. The summed E-state index contributed by atoms with van der Waals surface area (Å²) < 4.78 is 0. The van der Waals surface area contributed by atoms with Gasteiger partial charge in [0.2, 0.25) is 0 Å². The first-order valence-corrected chi connectivity index (χ1v) is 9.45. The summed E-state index contributed by atoms with van der Waals surface area (Å²) >= 11 is 0. The number of nitrogens with one attached hydrogen (secondary N) is 1. The van der Waals surface area contributed by atoms with E-state index in [9.17, 15) is 0 Å². The smallest absolute Gasteiger partial charge is 0.00220 e. The minimum Gasteiger partial charge on any atom is -0.317 e. The largest absolute Gasteiger partial charge is 0.317 e. The van der Waals surface area contributed by atoms with Crippen molar-refractivity contribution in [2.24, 2.45) is 17.8 Å². The summed E-state index contributed by atoms with van der Waals surface area (Å²) in [5.74, 6) is 2.86. The van der Waals surface area contributed by atoms with Crippen LogP contribution in [0.3, 0.4) is 0 Å². The minimum atomic E-state index is 0. The van der Waals surface area contributed by atoms with Crippen LogP contribution in [0.25, 0.3) is 0 Å². The lowest BCUT2D eigenvalue weighted by molar-refractivity contribution is 0.0984. The average molecular weight is 330 g/mol. The SMILES string of the molecule is CC1CCN(CC2CCCN(CC3CCNCC3)C2)CC1.Cl. The molecule has 0 amide bonds. The minimum absolute atomic E-state index is 0. The third-order valence-corrected chi connectivity index (χ3v) is 5.97. The van der Waals surface area contributed by atoms with Crippen LogP contribution in [0.15, 0.2) is 0 Å². The van der Waals surface area contributed by atoms with Crippen LogP contribution in [0, 0.1) is 17.8 Å². The third-order valence-electron chi connectivity index (χ3n) is 5.97. The fourth-order valence-electron chi connectivity index (χ4n) is 4.51. The predicted octanol–water partition coefficient (Wildman–Crippen LogP) is 2.85. The second-order valence-corrected chi connectivity index (χ2v) is 7.94. The van der Waals surface area contributed by atoms with E-state index < -0.39 is 0 Å². The van der Waals surface area contributed by atoms with Gasteiger partial charge in [-0.3, -0.25) is 0 Å². The fourth-order valence-corrected chi connectivity index (χ4v) is 4.51. The molecule has 4 heteroatoms. The maximum absolute atomic E-state index is 3.49. The molecule has 3 aliphatic heterocycles. The van der Waals surface area contributed by atoms with Gasteiger partial charge in [0.25, 0.3) is 0 Å².